The van der Waals surface area contributed by atoms with Gasteiger partial charge < -0.3 is 9.16 Å². The number of hydrogen-bond donors (Lipinski definition) is 0. The van der Waals surface area contributed by atoms with Gasteiger partial charge in [-0.25, -0.2) is 18.0 Å². The highest BCUT2D eigenvalue weighted by Crippen LogP contribution is 2.25. The summed E-state index contributed by atoms with van der Waals surface area (Å²) in [6.07, 6.45) is -1.39. The van der Waals surface area contributed by atoms with Gasteiger partial charge in [0.15, 0.2) is 25.7 Å². The van der Waals surface area contributed by atoms with Crippen LogP contribution < -0.4 is 4.74 Å². The Bertz CT molecular complexity index is 600. The van der Waals surface area contributed by atoms with Crippen molar-refractivity contribution in [1.29, 1.82) is 0 Å². The van der Waals surface area contributed by atoms with Gasteiger partial charge in [0.05, 0.1) is 6.54 Å². The molecule has 0 radical (unpaired) electrons. The standard InChI is InChI=1S/C14H18F5NO3Si/c1-4-22-24(2,3)7-5-6-20(19)14(21)23-10-8-9(15)11(16)13(18)12(10)17/h8H,4-7H2,1-3H3. The molecule has 24 heavy (non-hydrogen) atoms. The van der Waals surface area contributed by atoms with Crippen LogP contribution in [0.25, 0.3) is 0 Å². The van der Waals surface area contributed by atoms with Crippen molar-refractivity contribution in [3.8, 4) is 5.75 Å². The molecule has 1 rings (SSSR count). The lowest BCUT2D eigenvalue weighted by Gasteiger charge is -2.22. The molecule has 1 aromatic carbocycles. The number of ether oxygens (including phenoxy) is 1. The molecule has 0 heterocycles. The number of nitrogens with zero attached hydrogens (tertiary/aromatic N) is 1. The largest absolute Gasteiger partial charge is 0.443 e. The Hall–Kier alpha value is -1.68. The fourth-order valence-corrected chi connectivity index (χ4v) is 3.90. The van der Waals surface area contributed by atoms with Crippen molar-refractivity contribution in [1.82, 2.24) is 5.12 Å². The Morgan fingerprint density at radius 3 is 2.38 bits per heavy atom. The van der Waals surface area contributed by atoms with Crippen LogP contribution >= 0.6 is 0 Å². The summed E-state index contributed by atoms with van der Waals surface area (Å²) in [6, 6.07) is 0.688. The van der Waals surface area contributed by atoms with E-state index in [4.69, 9.17) is 4.43 Å². The Labute approximate surface area is 137 Å². The van der Waals surface area contributed by atoms with Crippen LogP contribution in [0.15, 0.2) is 6.07 Å². The lowest BCUT2D eigenvalue weighted by atomic mass is 10.3. The number of hydrogen-bond acceptors (Lipinski definition) is 3. The van der Waals surface area contributed by atoms with E-state index in [2.05, 4.69) is 4.74 Å². The van der Waals surface area contributed by atoms with E-state index in [1.165, 1.54) is 0 Å². The Morgan fingerprint density at radius 2 is 1.79 bits per heavy atom. The topological polar surface area (TPSA) is 38.8 Å². The number of halogens is 5. The van der Waals surface area contributed by atoms with Gasteiger partial charge in [0.1, 0.15) is 0 Å². The molecule has 0 fully saturated rings. The minimum Gasteiger partial charge on any atom is -0.418 e. The summed E-state index contributed by atoms with van der Waals surface area (Å²) in [5.74, 6) is -9.10. The van der Waals surface area contributed by atoms with E-state index in [0.717, 1.165) is 0 Å². The van der Waals surface area contributed by atoms with Crippen LogP contribution in [0.4, 0.5) is 26.8 Å². The molecule has 0 unspecified atom stereocenters. The summed E-state index contributed by atoms with van der Waals surface area (Å²) in [7, 11) is -1.96. The quantitative estimate of drug-likeness (QED) is 0.232. The fourth-order valence-electron chi connectivity index (χ4n) is 1.97. The zero-order valence-electron chi connectivity index (χ0n) is 13.5. The van der Waals surface area contributed by atoms with Crippen molar-refractivity contribution >= 4 is 14.4 Å². The van der Waals surface area contributed by atoms with Gasteiger partial charge in [0.2, 0.25) is 11.6 Å². The molecular formula is C14H18F5NO3Si. The monoisotopic (exact) mass is 371 g/mol. The molecule has 4 nitrogen and oxygen atoms in total. The third kappa shape index (κ3) is 5.44. The lowest BCUT2D eigenvalue weighted by Crippen LogP contribution is -2.33. The number of carbonyl (C=O) groups is 1. The Balaban J connectivity index is 2.62. The van der Waals surface area contributed by atoms with E-state index in [9.17, 15) is 26.8 Å². The molecule has 0 aliphatic rings. The summed E-state index contributed by atoms with van der Waals surface area (Å²) >= 11 is 0. The van der Waals surface area contributed by atoms with Crippen molar-refractivity contribution in [3.05, 3.63) is 29.3 Å². The first kappa shape index (κ1) is 20.4. The maximum atomic E-state index is 13.6. The lowest BCUT2D eigenvalue weighted by molar-refractivity contribution is 0.0359. The van der Waals surface area contributed by atoms with Gasteiger partial charge in [0.25, 0.3) is 0 Å². The third-order valence-corrected chi connectivity index (χ3v) is 5.76. The zero-order chi connectivity index (χ0) is 18.5. The zero-order valence-corrected chi connectivity index (χ0v) is 14.5. The number of benzene rings is 1. The molecule has 0 aliphatic carbocycles. The molecule has 0 aromatic heterocycles. The number of carbonyl (C=O) groups excluding carboxylic acids is 1. The van der Waals surface area contributed by atoms with E-state index in [0.29, 0.717) is 12.7 Å². The van der Waals surface area contributed by atoms with Crippen molar-refractivity contribution < 1.29 is 36.0 Å². The highest BCUT2D eigenvalue weighted by Gasteiger charge is 2.25. The van der Waals surface area contributed by atoms with Crippen LogP contribution in [0, 0.1) is 23.3 Å². The van der Waals surface area contributed by atoms with Crippen LogP contribution in [-0.4, -0.2) is 32.7 Å². The van der Waals surface area contributed by atoms with Gasteiger partial charge in [-0.3, -0.25) is 0 Å². The van der Waals surface area contributed by atoms with E-state index in [1.807, 2.05) is 20.0 Å². The molecule has 0 bridgehead atoms. The van der Waals surface area contributed by atoms with Gasteiger partial charge in [-0.15, -0.1) is 5.12 Å². The van der Waals surface area contributed by atoms with Crippen molar-refractivity contribution in [3.63, 3.8) is 0 Å². The van der Waals surface area contributed by atoms with Gasteiger partial charge >= 0.3 is 6.09 Å². The molecule has 0 saturated carbocycles. The smallest absolute Gasteiger partial charge is 0.418 e. The van der Waals surface area contributed by atoms with E-state index in [-0.39, 0.29) is 24.2 Å². The summed E-state index contributed by atoms with van der Waals surface area (Å²) in [5.41, 5.74) is 0. The molecule has 1 amide bonds. The van der Waals surface area contributed by atoms with Gasteiger partial charge in [-0.2, -0.15) is 4.39 Å². The summed E-state index contributed by atoms with van der Waals surface area (Å²) in [5, 5.41) is -0.352. The summed E-state index contributed by atoms with van der Waals surface area (Å²) in [4.78, 5) is 11.5. The first-order valence-electron chi connectivity index (χ1n) is 7.21. The Kier molecular flexibility index (Phi) is 7.15. The molecule has 0 spiro atoms. The minimum atomic E-state index is -2.15. The molecule has 0 N–H and O–H groups in total. The maximum absolute atomic E-state index is 13.6. The fraction of sp³-hybridized carbons (Fsp3) is 0.500. The number of rotatable bonds is 7. The molecule has 1 aromatic rings. The average molecular weight is 371 g/mol. The second kappa shape index (κ2) is 8.43. The van der Waals surface area contributed by atoms with Crippen molar-refractivity contribution in [2.75, 3.05) is 13.2 Å². The van der Waals surface area contributed by atoms with Crippen LogP contribution in [0.3, 0.4) is 0 Å². The molecule has 0 atom stereocenters. The maximum Gasteiger partial charge on any atom is 0.443 e. The SMILES string of the molecule is CCO[Si](C)(C)CCCN(F)C(=O)Oc1cc(F)c(F)c(F)c1F. The highest BCUT2D eigenvalue weighted by molar-refractivity contribution is 6.71. The summed E-state index contributed by atoms with van der Waals surface area (Å²) in [6.45, 7) is 5.86. The van der Waals surface area contributed by atoms with E-state index in [1.54, 1.807) is 0 Å². The minimum absolute atomic E-state index is 0.130. The first-order valence-corrected chi connectivity index (χ1v) is 10.3. The van der Waals surface area contributed by atoms with Crippen molar-refractivity contribution in [2.24, 2.45) is 0 Å². The molecule has 0 aliphatic heterocycles. The Morgan fingerprint density at radius 1 is 1.17 bits per heavy atom. The molecule has 0 saturated heterocycles. The highest BCUT2D eigenvalue weighted by atomic mass is 28.4. The average Bonchev–Trinajstić information content (AvgIpc) is 2.50. The predicted molar refractivity (Wildman–Crippen MR) is 78.6 cm³/mol. The van der Waals surface area contributed by atoms with Crippen LogP contribution in [-0.2, 0) is 4.43 Å². The van der Waals surface area contributed by atoms with Gasteiger partial charge in [-0.05, 0) is 32.5 Å². The first-order chi connectivity index (χ1) is 11.1. The third-order valence-electron chi connectivity index (χ3n) is 3.13. The second-order valence-corrected chi connectivity index (χ2v) is 9.86. The predicted octanol–water partition coefficient (Wildman–Crippen LogP) is 4.56. The molecule has 136 valence electrons. The number of amides is 1. The summed E-state index contributed by atoms with van der Waals surface area (Å²) < 4.78 is 75.5. The normalized spacial score (nSPS) is 11.5. The van der Waals surface area contributed by atoms with E-state index >= 15 is 0 Å². The second-order valence-electron chi connectivity index (χ2n) is 5.55. The van der Waals surface area contributed by atoms with Crippen LogP contribution in [0.2, 0.25) is 19.1 Å². The molecular weight excluding hydrogens is 353 g/mol. The van der Waals surface area contributed by atoms with Crippen molar-refractivity contribution in [2.45, 2.75) is 32.5 Å². The van der Waals surface area contributed by atoms with Crippen LogP contribution in [0.5, 0.6) is 5.75 Å². The van der Waals surface area contributed by atoms with Gasteiger partial charge in [0, 0.05) is 12.7 Å². The molecule has 10 heteroatoms. The van der Waals surface area contributed by atoms with Gasteiger partial charge in [-0.1, -0.05) is 4.48 Å². The van der Waals surface area contributed by atoms with E-state index < -0.39 is 43.4 Å². The van der Waals surface area contributed by atoms with Crippen LogP contribution in [0.1, 0.15) is 13.3 Å².